The van der Waals surface area contributed by atoms with Crippen LogP contribution in [0.4, 0.5) is 11.6 Å². The molecule has 0 unspecified atom stereocenters. The monoisotopic (exact) mass is 487 g/mol. The predicted octanol–water partition coefficient (Wildman–Crippen LogP) is 3.37. The highest BCUT2D eigenvalue weighted by Gasteiger charge is 2.25. The summed E-state index contributed by atoms with van der Waals surface area (Å²) < 4.78 is 27.1. The first-order chi connectivity index (χ1) is 17.1. The fourth-order valence-corrected chi connectivity index (χ4v) is 5.19. The molecule has 0 radical (unpaired) electrons. The van der Waals surface area contributed by atoms with Crippen LogP contribution in [-0.4, -0.2) is 59.1 Å². The number of hydrogen-bond donors (Lipinski definition) is 3. The first-order valence-corrected chi connectivity index (χ1v) is 12.7. The molecule has 1 saturated heterocycles. The maximum Gasteiger partial charge on any atom is 0.243 e. The lowest BCUT2D eigenvalue weighted by molar-refractivity contribution is 0.360. The highest BCUT2D eigenvalue weighted by atomic mass is 32.2. The molecule has 0 aliphatic carbocycles. The Balaban J connectivity index is 1.20. The van der Waals surface area contributed by atoms with E-state index in [1.165, 1.54) is 4.31 Å². The quantitative estimate of drug-likeness (QED) is 0.366. The summed E-state index contributed by atoms with van der Waals surface area (Å²) in [7, 11) is -3.48. The maximum absolute atomic E-state index is 12.8. The molecular formula is C25H25N7O2S. The van der Waals surface area contributed by atoms with Gasteiger partial charge >= 0.3 is 0 Å². The molecule has 10 heteroatoms. The van der Waals surface area contributed by atoms with E-state index in [9.17, 15) is 8.42 Å². The summed E-state index contributed by atoms with van der Waals surface area (Å²) >= 11 is 0. The van der Waals surface area contributed by atoms with Gasteiger partial charge < -0.3 is 10.6 Å². The van der Waals surface area contributed by atoms with Gasteiger partial charge in [-0.2, -0.15) is 9.40 Å². The van der Waals surface area contributed by atoms with Gasteiger partial charge in [-0.05, 0) is 35.4 Å². The van der Waals surface area contributed by atoms with E-state index in [1.807, 2.05) is 42.6 Å². The lowest BCUT2D eigenvalue weighted by Crippen LogP contribution is -2.46. The van der Waals surface area contributed by atoms with Gasteiger partial charge in [-0.15, -0.1) is 0 Å². The second-order valence-electron chi connectivity index (χ2n) is 8.09. The molecule has 5 rings (SSSR count). The van der Waals surface area contributed by atoms with Crippen LogP contribution in [0.5, 0.6) is 0 Å². The summed E-state index contributed by atoms with van der Waals surface area (Å²) in [4.78, 5) is 9.00. The first kappa shape index (κ1) is 22.9. The Morgan fingerprint density at radius 3 is 2.17 bits per heavy atom. The molecule has 2 aromatic heterocycles. The van der Waals surface area contributed by atoms with Gasteiger partial charge in [0.1, 0.15) is 0 Å². The molecule has 0 saturated carbocycles. The van der Waals surface area contributed by atoms with Crippen LogP contribution in [-0.2, 0) is 10.0 Å². The number of anilines is 2. The molecule has 9 nitrogen and oxygen atoms in total. The Kier molecular flexibility index (Phi) is 6.66. The summed E-state index contributed by atoms with van der Waals surface area (Å²) in [6, 6.07) is 14.8. The number of H-pyrrole nitrogens is 1. The van der Waals surface area contributed by atoms with E-state index in [1.54, 1.807) is 42.9 Å². The summed E-state index contributed by atoms with van der Waals surface area (Å²) in [6.07, 6.45) is 11.1. The minimum absolute atomic E-state index is 0.282. The molecule has 1 aliphatic rings. The Bertz CT molecular complexity index is 1380. The molecular weight excluding hydrogens is 462 g/mol. The molecule has 0 spiro atoms. The molecule has 178 valence electrons. The van der Waals surface area contributed by atoms with Crippen LogP contribution in [0.1, 0.15) is 11.1 Å². The normalized spacial score (nSPS) is 14.9. The molecule has 2 aromatic carbocycles. The highest BCUT2D eigenvalue weighted by Crippen LogP contribution is 2.21. The second-order valence-corrected chi connectivity index (χ2v) is 10.0. The van der Waals surface area contributed by atoms with Crippen molar-refractivity contribution in [3.8, 4) is 11.1 Å². The van der Waals surface area contributed by atoms with Gasteiger partial charge in [0.2, 0.25) is 16.0 Å². The van der Waals surface area contributed by atoms with Crippen molar-refractivity contribution in [1.82, 2.24) is 29.8 Å². The number of piperazine rings is 1. The van der Waals surface area contributed by atoms with Crippen LogP contribution in [0.15, 0.2) is 78.2 Å². The number of nitrogens with one attached hydrogen (secondary N) is 3. The minimum atomic E-state index is -3.48. The van der Waals surface area contributed by atoms with Crippen LogP contribution in [0.2, 0.25) is 0 Å². The largest absolute Gasteiger partial charge is 0.324 e. The van der Waals surface area contributed by atoms with Gasteiger partial charge in [0.25, 0.3) is 0 Å². The second kappa shape index (κ2) is 10.2. The molecule has 0 amide bonds. The van der Waals surface area contributed by atoms with Crippen molar-refractivity contribution in [2.24, 2.45) is 0 Å². The number of rotatable bonds is 7. The van der Waals surface area contributed by atoms with Crippen LogP contribution in [0.25, 0.3) is 23.3 Å². The van der Waals surface area contributed by atoms with Crippen molar-refractivity contribution >= 4 is 33.8 Å². The summed E-state index contributed by atoms with van der Waals surface area (Å²) in [6.45, 7) is 2.29. The zero-order chi connectivity index (χ0) is 24.1. The molecule has 1 aliphatic heterocycles. The summed E-state index contributed by atoms with van der Waals surface area (Å²) in [5, 5.41) is 13.1. The zero-order valence-corrected chi connectivity index (χ0v) is 19.7. The smallest absolute Gasteiger partial charge is 0.243 e. The van der Waals surface area contributed by atoms with E-state index in [-0.39, 0.29) is 4.90 Å². The number of sulfonamides is 1. The average molecular weight is 488 g/mol. The minimum Gasteiger partial charge on any atom is -0.324 e. The van der Waals surface area contributed by atoms with Gasteiger partial charge in [-0.25, -0.2) is 18.4 Å². The standard InChI is InChI=1S/C25H25N7O2S/c33-35(34,32-13-11-26-12-14-32)24-9-7-23(8-10-24)31-25-27-15-20(16-28-25)2-1-19-3-5-21(6-4-19)22-17-29-30-18-22/h1-10,15-18,26H,11-14H2,(H,29,30)(H,27,28,31). The van der Waals surface area contributed by atoms with Crippen LogP contribution >= 0.6 is 0 Å². The highest BCUT2D eigenvalue weighted by molar-refractivity contribution is 7.89. The van der Waals surface area contributed by atoms with Crippen molar-refractivity contribution in [2.75, 3.05) is 31.5 Å². The van der Waals surface area contributed by atoms with Gasteiger partial charge in [-0.3, -0.25) is 5.10 Å². The van der Waals surface area contributed by atoms with E-state index in [4.69, 9.17) is 0 Å². The number of nitrogens with zero attached hydrogens (tertiary/aromatic N) is 4. The van der Waals surface area contributed by atoms with E-state index >= 15 is 0 Å². The Morgan fingerprint density at radius 2 is 1.51 bits per heavy atom. The molecule has 0 bridgehead atoms. The number of hydrogen-bond acceptors (Lipinski definition) is 7. The predicted molar refractivity (Wildman–Crippen MR) is 136 cm³/mol. The first-order valence-electron chi connectivity index (χ1n) is 11.3. The lowest BCUT2D eigenvalue weighted by Gasteiger charge is -2.26. The number of aromatic nitrogens is 4. The Hall–Kier alpha value is -3.86. The molecule has 3 heterocycles. The van der Waals surface area contributed by atoms with Gasteiger partial charge in [-0.1, -0.05) is 36.4 Å². The van der Waals surface area contributed by atoms with Crippen molar-refractivity contribution in [3.63, 3.8) is 0 Å². The van der Waals surface area contributed by atoms with Crippen molar-refractivity contribution in [3.05, 3.63) is 84.4 Å². The summed E-state index contributed by atoms with van der Waals surface area (Å²) in [5.74, 6) is 0.435. The maximum atomic E-state index is 12.8. The van der Waals surface area contributed by atoms with E-state index in [0.717, 1.165) is 22.3 Å². The number of benzene rings is 2. The van der Waals surface area contributed by atoms with Crippen molar-refractivity contribution < 1.29 is 8.42 Å². The fraction of sp³-hybridized carbons (Fsp3) is 0.160. The van der Waals surface area contributed by atoms with E-state index in [2.05, 4.69) is 30.8 Å². The van der Waals surface area contributed by atoms with E-state index in [0.29, 0.717) is 37.8 Å². The average Bonchev–Trinajstić information content (AvgIpc) is 3.45. The molecule has 4 aromatic rings. The van der Waals surface area contributed by atoms with Crippen molar-refractivity contribution in [2.45, 2.75) is 4.90 Å². The van der Waals surface area contributed by atoms with E-state index < -0.39 is 10.0 Å². The third-order valence-electron chi connectivity index (χ3n) is 5.71. The summed E-state index contributed by atoms with van der Waals surface area (Å²) in [5.41, 5.74) is 4.80. The van der Waals surface area contributed by atoms with Crippen LogP contribution < -0.4 is 10.6 Å². The third kappa shape index (κ3) is 5.46. The zero-order valence-electron chi connectivity index (χ0n) is 18.9. The van der Waals surface area contributed by atoms with Crippen LogP contribution in [0, 0.1) is 0 Å². The molecule has 0 atom stereocenters. The van der Waals surface area contributed by atoms with Crippen molar-refractivity contribution in [1.29, 1.82) is 0 Å². The van der Waals surface area contributed by atoms with Gasteiger partial charge in [0.15, 0.2) is 0 Å². The lowest BCUT2D eigenvalue weighted by atomic mass is 10.1. The van der Waals surface area contributed by atoms with Crippen LogP contribution in [0.3, 0.4) is 0 Å². The number of aromatic amines is 1. The Morgan fingerprint density at radius 1 is 0.829 bits per heavy atom. The van der Waals surface area contributed by atoms with Gasteiger partial charge in [0, 0.05) is 61.6 Å². The molecule has 35 heavy (non-hydrogen) atoms. The Labute approximate surface area is 204 Å². The topological polar surface area (TPSA) is 116 Å². The third-order valence-corrected chi connectivity index (χ3v) is 7.62. The van der Waals surface area contributed by atoms with Gasteiger partial charge in [0.05, 0.1) is 11.1 Å². The SMILES string of the molecule is O=S(=O)(c1ccc(Nc2ncc(C=Cc3ccc(-c4cn[nH]c4)cc3)cn2)cc1)N1CCNCC1. The molecule has 3 N–H and O–H groups in total. The fourth-order valence-electron chi connectivity index (χ4n) is 3.75. The molecule has 1 fully saturated rings.